The van der Waals surface area contributed by atoms with E-state index in [9.17, 15) is 18.0 Å². The number of sulfone groups is 1. The summed E-state index contributed by atoms with van der Waals surface area (Å²) in [5, 5.41) is 11.8. The first-order chi connectivity index (χ1) is 8.63. The van der Waals surface area contributed by atoms with Crippen LogP contribution in [-0.2, 0) is 19.4 Å². The van der Waals surface area contributed by atoms with Gasteiger partial charge in [-0.15, -0.1) is 0 Å². The summed E-state index contributed by atoms with van der Waals surface area (Å²) in [5.41, 5.74) is 3.75. The summed E-state index contributed by atoms with van der Waals surface area (Å²) in [5.74, 6) is -2.20. The van der Waals surface area contributed by atoms with Crippen LogP contribution < -0.4 is 11.1 Å². The van der Waals surface area contributed by atoms with Gasteiger partial charge in [0, 0.05) is 13.0 Å². The van der Waals surface area contributed by atoms with Crippen molar-refractivity contribution in [2.45, 2.75) is 38.6 Å². The average Bonchev–Trinajstić information content (AvgIpc) is 2.26. The van der Waals surface area contributed by atoms with Gasteiger partial charge in [-0.3, -0.25) is 9.59 Å². The van der Waals surface area contributed by atoms with Gasteiger partial charge in [-0.2, -0.15) is 0 Å². The number of rotatable bonds is 10. The predicted molar refractivity (Wildman–Crippen MR) is 71.4 cm³/mol. The van der Waals surface area contributed by atoms with Gasteiger partial charge in [-0.25, -0.2) is 8.42 Å². The quantitative estimate of drug-likeness (QED) is 0.499. The van der Waals surface area contributed by atoms with Crippen molar-refractivity contribution in [1.29, 1.82) is 0 Å². The van der Waals surface area contributed by atoms with Crippen LogP contribution in [0.25, 0.3) is 0 Å². The summed E-state index contributed by atoms with van der Waals surface area (Å²) < 4.78 is 23.1. The number of carboxylic acid groups (broad SMARTS) is 1. The second kappa shape index (κ2) is 7.44. The zero-order valence-corrected chi connectivity index (χ0v) is 12.1. The molecule has 0 fully saturated rings. The first kappa shape index (κ1) is 17.8. The van der Waals surface area contributed by atoms with E-state index in [0.29, 0.717) is 12.8 Å². The third-order valence-corrected chi connectivity index (χ3v) is 4.46. The summed E-state index contributed by atoms with van der Waals surface area (Å²) in [7, 11) is -3.40. The molecule has 0 aliphatic heterocycles. The van der Waals surface area contributed by atoms with Gasteiger partial charge in [-0.05, 0) is 13.3 Å². The zero-order valence-electron chi connectivity index (χ0n) is 11.3. The van der Waals surface area contributed by atoms with E-state index in [1.165, 1.54) is 6.92 Å². The van der Waals surface area contributed by atoms with Crippen LogP contribution in [0.15, 0.2) is 0 Å². The highest BCUT2D eigenvalue weighted by Crippen LogP contribution is 2.12. The summed E-state index contributed by atoms with van der Waals surface area (Å²) >= 11 is 0. The maximum Gasteiger partial charge on any atom is 0.323 e. The van der Waals surface area contributed by atoms with Crippen LogP contribution in [0.3, 0.4) is 0 Å². The molecule has 4 N–H and O–H groups in total. The number of primary amides is 1. The average molecular weight is 294 g/mol. The molecule has 112 valence electrons. The lowest BCUT2D eigenvalue weighted by atomic mass is 9.96. The molecule has 0 heterocycles. The predicted octanol–water partition coefficient (Wildman–Crippen LogP) is -0.490. The molecular weight excluding hydrogens is 272 g/mol. The highest BCUT2D eigenvalue weighted by atomic mass is 32.2. The Hall–Kier alpha value is -1.15. The fourth-order valence-electron chi connectivity index (χ4n) is 1.61. The van der Waals surface area contributed by atoms with Gasteiger partial charge in [0.25, 0.3) is 0 Å². The van der Waals surface area contributed by atoms with Crippen molar-refractivity contribution < 1.29 is 23.1 Å². The number of amides is 1. The Kier molecular flexibility index (Phi) is 6.99. The van der Waals surface area contributed by atoms with Crippen molar-refractivity contribution >= 4 is 21.7 Å². The molecular formula is C11H22N2O5S. The number of aliphatic carboxylic acids is 1. The molecule has 0 spiro atoms. The standard InChI is InChI=1S/C11H22N2O5S/c1-3-5-11(2,10(15)16)13-6-8-19(17,18)7-4-9(12)14/h13H,3-8H2,1-2H3,(H2,12,14)(H,15,16). The maximum atomic E-state index is 11.6. The van der Waals surface area contributed by atoms with Crippen LogP contribution in [0.4, 0.5) is 0 Å². The number of hydrogen-bond acceptors (Lipinski definition) is 5. The summed E-state index contributed by atoms with van der Waals surface area (Å²) in [6.07, 6.45) is 0.862. The van der Waals surface area contributed by atoms with Gasteiger partial charge in [-0.1, -0.05) is 13.3 Å². The van der Waals surface area contributed by atoms with Crippen LogP contribution in [0.2, 0.25) is 0 Å². The van der Waals surface area contributed by atoms with E-state index in [2.05, 4.69) is 5.32 Å². The molecule has 0 aromatic carbocycles. The molecule has 0 aromatic heterocycles. The van der Waals surface area contributed by atoms with E-state index in [0.717, 1.165) is 0 Å². The van der Waals surface area contributed by atoms with Gasteiger partial charge in [0.15, 0.2) is 9.84 Å². The van der Waals surface area contributed by atoms with Crippen LogP contribution in [-0.4, -0.2) is 49.0 Å². The minimum absolute atomic E-state index is 0.0316. The minimum atomic E-state index is -3.40. The molecule has 1 unspecified atom stereocenters. The molecule has 19 heavy (non-hydrogen) atoms. The van der Waals surface area contributed by atoms with Crippen LogP contribution >= 0.6 is 0 Å². The van der Waals surface area contributed by atoms with Crippen LogP contribution in [0, 0.1) is 0 Å². The van der Waals surface area contributed by atoms with Crippen molar-refractivity contribution in [2.75, 3.05) is 18.1 Å². The van der Waals surface area contributed by atoms with E-state index in [-0.39, 0.29) is 24.5 Å². The molecule has 1 atom stereocenters. The second-order valence-electron chi connectivity index (χ2n) is 4.68. The van der Waals surface area contributed by atoms with Crippen molar-refractivity contribution in [3.8, 4) is 0 Å². The number of carboxylic acids is 1. The van der Waals surface area contributed by atoms with Gasteiger partial charge < -0.3 is 16.2 Å². The van der Waals surface area contributed by atoms with Gasteiger partial charge in [0.2, 0.25) is 5.91 Å². The Balaban J connectivity index is 4.33. The normalized spacial score (nSPS) is 14.8. The molecule has 1 amide bonds. The Morgan fingerprint density at radius 3 is 2.32 bits per heavy atom. The number of nitrogens with one attached hydrogen (secondary N) is 1. The summed E-state index contributed by atoms with van der Waals surface area (Å²) in [6, 6.07) is 0. The first-order valence-electron chi connectivity index (χ1n) is 6.10. The van der Waals surface area contributed by atoms with E-state index in [1.54, 1.807) is 0 Å². The molecule has 7 nitrogen and oxygen atoms in total. The molecule has 0 radical (unpaired) electrons. The number of nitrogens with two attached hydrogens (primary N) is 1. The molecule has 0 saturated carbocycles. The smallest absolute Gasteiger partial charge is 0.323 e. The summed E-state index contributed by atoms with van der Waals surface area (Å²) in [6.45, 7) is 3.41. The lowest BCUT2D eigenvalue weighted by Gasteiger charge is -2.25. The van der Waals surface area contributed by atoms with E-state index >= 15 is 0 Å². The molecule has 0 saturated heterocycles. The lowest BCUT2D eigenvalue weighted by molar-refractivity contribution is -0.144. The van der Waals surface area contributed by atoms with Gasteiger partial charge >= 0.3 is 5.97 Å². The fraction of sp³-hybridized carbons (Fsp3) is 0.818. The number of carbonyl (C=O) groups excluding carboxylic acids is 1. The topological polar surface area (TPSA) is 127 Å². The summed E-state index contributed by atoms with van der Waals surface area (Å²) in [4.78, 5) is 21.6. The zero-order chi connectivity index (χ0) is 15.1. The SMILES string of the molecule is CCCC(C)(NCCS(=O)(=O)CCC(N)=O)C(=O)O. The van der Waals surface area contributed by atoms with E-state index in [4.69, 9.17) is 10.8 Å². The number of carbonyl (C=O) groups is 2. The molecule has 8 heteroatoms. The Morgan fingerprint density at radius 1 is 1.32 bits per heavy atom. The second-order valence-corrected chi connectivity index (χ2v) is 6.99. The van der Waals surface area contributed by atoms with Gasteiger partial charge in [0.1, 0.15) is 5.54 Å². The number of hydrogen-bond donors (Lipinski definition) is 3. The van der Waals surface area contributed by atoms with Crippen molar-refractivity contribution in [3.63, 3.8) is 0 Å². The molecule has 0 aliphatic carbocycles. The Bertz CT molecular complexity index is 421. The van der Waals surface area contributed by atoms with Crippen molar-refractivity contribution in [1.82, 2.24) is 5.32 Å². The van der Waals surface area contributed by atoms with Crippen LogP contribution in [0.5, 0.6) is 0 Å². The lowest BCUT2D eigenvalue weighted by Crippen LogP contribution is -2.50. The monoisotopic (exact) mass is 294 g/mol. The maximum absolute atomic E-state index is 11.6. The van der Waals surface area contributed by atoms with Crippen molar-refractivity contribution in [2.24, 2.45) is 5.73 Å². The molecule has 0 aromatic rings. The Morgan fingerprint density at radius 2 is 1.89 bits per heavy atom. The molecule has 0 aliphatic rings. The van der Waals surface area contributed by atoms with Crippen molar-refractivity contribution in [3.05, 3.63) is 0 Å². The van der Waals surface area contributed by atoms with E-state index < -0.39 is 27.3 Å². The third-order valence-electron chi connectivity index (χ3n) is 2.81. The minimum Gasteiger partial charge on any atom is -0.480 e. The fourth-order valence-corrected chi connectivity index (χ4v) is 2.74. The largest absolute Gasteiger partial charge is 0.480 e. The molecule has 0 bridgehead atoms. The first-order valence-corrected chi connectivity index (χ1v) is 7.92. The van der Waals surface area contributed by atoms with Gasteiger partial charge in [0.05, 0.1) is 11.5 Å². The highest BCUT2D eigenvalue weighted by molar-refractivity contribution is 7.91. The highest BCUT2D eigenvalue weighted by Gasteiger charge is 2.31. The van der Waals surface area contributed by atoms with E-state index in [1.807, 2.05) is 6.92 Å². The third kappa shape index (κ3) is 7.12. The molecule has 0 rings (SSSR count). The Labute approximate surface area is 113 Å². The van der Waals surface area contributed by atoms with Crippen LogP contribution in [0.1, 0.15) is 33.1 Å².